The molecule has 1 aliphatic rings. The molecule has 1 unspecified atom stereocenters. The average molecular weight is 281 g/mol. The van der Waals surface area contributed by atoms with Crippen molar-refractivity contribution in [2.24, 2.45) is 11.8 Å². The number of hydrogen-bond acceptors (Lipinski definition) is 2. The summed E-state index contributed by atoms with van der Waals surface area (Å²) in [5, 5.41) is 9.11. The van der Waals surface area contributed by atoms with E-state index in [0.29, 0.717) is 31.2 Å². The van der Waals surface area contributed by atoms with Gasteiger partial charge < -0.3 is 10.0 Å². The van der Waals surface area contributed by atoms with Crippen molar-refractivity contribution in [1.29, 1.82) is 0 Å². The number of likely N-dealkylation sites (tertiary alicyclic amines) is 1. The minimum atomic E-state index is -0.872. The number of aliphatic carboxylic acids is 1. The van der Waals surface area contributed by atoms with E-state index in [0.717, 1.165) is 25.7 Å². The van der Waals surface area contributed by atoms with Gasteiger partial charge in [-0.3, -0.25) is 4.79 Å². The zero-order valence-corrected chi connectivity index (χ0v) is 12.7. The quantitative estimate of drug-likeness (QED) is 0.696. The lowest BCUT2D eigenvalue weighted by Crippen LogP contribution is -2.41. The van der Waals surface area contributed by atoms with E-state index in [-0.39, 0.29) is 5.91 Å². The lowest BCUT2D eigenvalue weighted by atomic mass is 9.91. The van der Waals surface area contributed by atoms with Gasteiger partial charge in [-0.2, -0.15) is 0 Å². The Balaban J connectivity index is 2.41. The molecule has 0 aromatic carbocycles. The zero-order valence-electron chi connectivity index (χ0n) is 12.7. The van der Waals surface area contributed by atoms with Gasteiger partial charge in [-0.15, -0.1) is 6.58 Å². The number of rotatable bonds is 8. The van der Waals surface area contributed by atoms with Crippen LogP contribution in [0, 0.1) is 11.8 Å². The van der Waals surface area contributed by atoms with Crippen molar-refractivity contribution in [3.05, 3.63) is 12.7 Å². The van der Waals surface area contributed by atoms with Crippen LogP contribution in [0.25, 0.3) is 0 Å². The number of carbonyl (C=O) groups excluding carboxylic acids is 1. The Morgan fingerprint density at radius 3 is 2.70 bits per heavy atom. The number of amides is 1. The fraction of sp³-hybridized carbons (Fsp3) is 0.750. The molecule has 1 amide bonds. The second kappa shape index (κ2) is 8.08. The van der Waals surface area contributed by atoms with Gasteiger partial charge in [-0.1, -0.05) is 19.9 Å². The molecule has 0 spiro atoms. The molecule has 0 bridgehead atoms. The predicted molar refractivity (Wildman–Crippen MR) is 79.4 cm³/mol. The minimum absolute atomic E-state index is 0.00155. The van der Waals surface area contributed by atoms with Crippen molar-refractivity contribution in [3.63, 3.8) is 0 Å². The van der Waals surface area contributed by atoms with Crippen LogP contribution < -0.4 is 0 Å². The van der Waals surface area contributed by atoms with E-state index in [4.69, 9.17) is 5.11 Å². The normalized spacial score (nSPS) is 21.5. The average Bonchev–Trinajstić information content (AvgIpc) is 2.85. The van der Waals surface area contributed by atoms with Crippen molar-refractivity contribution >= 4 is 11.9 Å². The summed E-state index contributed by atoms with van der Waals surface area (Å²) in [6.07, 6.45) is 6.89. The summed E-state index contributed by atoms with van der Waals surface area (Å²) in [6.45, 7) is 8.59. The van der Waals surface area contributed by atoms with Gasteiger partial charge in [-0.05, 0) is 43.9 Å². The highest BCUT2D eigenvalue weighted by atomic mass is 16.4. The molecule has 1 N–H and O–H groups in total. The van der Waals surface area contributed by atoms with Gasteiger partial charge >= 0.3 is 5.97 Å². The van der Waals surface area contributed by atoms with Crippen LogP contribution in [0.5, 0.6) is 0 Å². The predicted octanol–water partition coefficient (Wildman–Crippen LogP) is 3.08. The third-order valence-electron chi connectivity index (χ3n) is 4.05. The SMILES string of the molecule is C=CCCC(C)C[C@@H](C)CC(=O)N1CCC[C@H]1C(=O)O. The molecular weight excluding hydrogens is 254 g/mol. The molecule has 0 aromatic heterocycles. The standard InChI is InChI=1S/C16H27NO3/c1-4-5-7-12(2)10-13(3)11-15(18)17-9-6-8-14(17)16(19)20/h4,12-14H,1,5-11H2,2-3H3,(H,19,20)/t12?,13-,14+/m1/s1. The molecular formula is C16H27NO3. The lowest BCUT2D eigenvalue weighted by Gasteiger charge is -2.24. The van der Waals surface area contributed by atoms with Gasteiger partial charge in [0.2, 0.25) is 5.91 Å². The summed E-state index contributed by atoms with van der Waals surface area (Å²) in [7, 11) is 0. The highest BCUT2D eigenvalue weighted by molar-refractivity contribution is 5.84. The molecule has 1 fully saturated rings. The number of carbonyl (C=O) groups is 2. The molecule has 1 rings (SSSR count). The lowest BCUT2D eigenvalue weighted by molar-refractivity contribution is -0.148. The summed E-state index contributed by atoms with van der Waals surface area (Å²) in [4.78, 5) is 24.9. The van der Waals surface area contributed by atoms with Crippen LogP contribution in [-0.2, 0) is 9.59 Å². The molecule has 114 valence electrons. The Bertz CT molecular complexity index is 354. The van der Waals surface area contributed by atoms with Crippen LogP contribution in [0.1, 0.15) is 52.4 Å². The van der Waals surface area contributed by atoms with Crippen molar-refractivity contribution in [1.82, 2.24) is 4.90 Å². The summed E-state index contributed by atoms with van der Waals surface area (Å²) in [5.74, 6) is 0.00295. The fourth-order valence-electron chi connectivity index (χ4n) is 3.03. The Kier molecular flexibility index (Phi) is 6.76. The molecule has 4 heteroatoms. The molecule has 0 saturated carbocycles. The monoisotopic (exact) mass is 281 g/mol. The van der Waals surface area contributed by atoms with E-state index in [2.05, 4.69) is 20.4 Å². The molecule has 0 radical (unpaired) electrons. The van der Waals surface area contributed by atoms with Crippen LogP contribution >= 0.6 is 0 Å². The van der Waals surface area contributed by atoms with E-state index >= 15 is 0 Å². The molecule has 20 heavy (non-hydrogen) atoms. The van der Waals surface area contributed by atoms with Crippen LogP contribution in [-0.4, -0.2) is 34.5 Å². The summed E-state index contributed by atoms with van der Waals surface area (Å²) in [6, 6.07) is -0.604. The third kappa shape index (κ3) is 4.99. The highest BCUT2D eigenvalue weighted by Crippen LogP contribution is 2.23. The van der Waals surface area contributed by atoms with Crippen LogP contribution in [0.4, 0.5) is 0 Å². The Hall–Kier alpha value is -1.32. The first kappa shape index (κ1) is 16.7. The first-order valence-electron chi connectivity index (χ1n) is 7.58. The molecule has 1 aliphatic heterocycles. The van der Waals surface area contributed by atoms with Crippen LogP contribution in [0.2, 0.25) is 0 Å². The summed E-state index contributed by atoms with van der Waals surface area (Å²) in [5.41, 5.74) is 0. The maximum absolute atomic E-state index is 12.2. The van der Waals surface area contributed by atoms with Gasteiger partial charge in [0, 0.05) is 13.0 Å². The molecule has 1 heterocycles. The number of allylic oxidation sites excluding steroid dienone is 1. The Morgan fingerprint density at radius 2 is 2.10 bits per heavy atom. The van der Waals surface area contributed by atoms with Crippen LogP contribution in [0.15, 0.2) is 12.7 Å². The van der Waals surface area contributed by atoms with Crippen molar-refractivity contribution in [3.8, 4) is 0 Å². The van der Waals surface area contributed by atoms with Gasteiger partial charge in [0.05, 0.1) is 0 Å². The van der Waals surface area contributed by atoms with Crippen molar-refractivity contribution in [2.75, 3.05) is 6.54 Å². The second-order valence-corrected chi connectivity index (χ2v) is 6.10. The molecule has 0 aromatic rings. The fourth-order valence-corrected chi connectivity index (χ4v) is 3.03. The molecule has 0 aliphatic carbocycles. The maximum atomic E-state index is 12.2. The second-order valence-electron chi connectivity index (χ2n) is 6.10. The zero-order chi connectivity index (χ0) is 15.1. The van der Waals surface area contributed by atoms with Crippen molar-refractivity contribution < 1.29 is 14.7 Å². The molecule has 1 saturated heterocycles. The van der Waals surface area contributed by atoms with Gasteiger partial charge in [0.1, 0.15) is 6.04 Å². The van der Waals surface area contributed by atoms with E-state index in [1.807, 2.05) is 6.08 Å². The number of hydrogen-bond donors (Lipinski definition) is 1. The summed E-state index contributed by atoms with van der Waals surface area (Å²) < 4.78 is 0. The third-order valence-corrected chi connectivity index (χ3v) is 4.05. The summed E-state index contributed by atoms with van der Waals surface area (Å²) >= 11 is 0. The van der Waals surface area contributed by atoms with E-state index in [1.54, 1.807) is 4.90 Å². The van der Waals surface area contributed by atoms with Gasteiger partial charge in [0.25, 0.3) is 0 Å². The molecule has 3 atom stereocenters. The maximum Gasteiger partial charge on any atom is 0.326 e. The van der Waals surface area contributed by atoms with Gasteiger partial charge in [0.15, 0.2) is 0 Å². The van der Waals surface area contributed by atoms with E-state index < -0.39 is 12.0 Å². The van der Waals surface area contributed by atoms with Crippen LogP contribution in [0.3, 0.4) is 0 Å². The first-order valence-corrected chi connectivity index (χ1v) is 7.58. The topological polar surface area (TPSA) is 57.6 Å². The van der Waals surface area contributed by atoms with Crippen molar-refractivity contribution in [2.45, 2.75) is 58.4 Å². The van der Waals surface area contributed by atoms with E-state index in [1.165, 1.54) is 0 Å². The Morgan fingerprint density at radius 1 is 1.40 bits per heavy atom. The highest BCUT2D eigenvalue weighted by Gasteiger charge is 2.34. The molecule has 4 nitrogen and oxygen atoms in total. The number of carboxylic acids is 1. The number of nitrogens with zero attached hydrogens (tertiary/aromatic N) is 1. The smallest absolute Gasteiger partial charge is 0.326 e. The number of carboxylic acid groups (broad SMARTS) is 1. The van der Waals surface area contributed by atoms with Gasteiger partial charge in [-0.25, -0.2) is 4.79 Å². The Labute approximate surface area is 121 Å². The largest absolute Gasteiger partial charge is 0.480 e. The first-order chi connectivity index (χ1) is 9.45. The van der Waals surface area contributed by atoms with E-state index in [9.17, 15) is 9.59 Å². The minimum Gasteiger partial charge on any atom is -0.480 e.